The van der Waals surface area contributed by atoms with Crippen LogP contribution in [0.2, 0.25) is 0 Å². The average Bonchev–Trinajstić information content (AvgIpc) is 2.43. The van der Waals surface area contributed by atoms with E-state index in [-0.39, 0.29) is 5.69 Å². The van der Waals surface area contributed by atoms with Gasteiger partial charge in [-0.2, -0.15) is 0 Å². The number of rotatable bonds is 4. The normalized spacial score (nSPS) is 10.1. The number of carbonyl (C=O) groups excluding carboxylic acids is 1. The minimum Gasteiger partial charge on any atom is -0.457 e. The van der Waals surface area contributed by atoms with Gasteiger partial charge in [0.2, 0.25) is 0 Å². The second-order valence-electron chi connectivity index (χ2n) is 4.11. The highest BCUT2D eigenvalue weighted by atomic mass is 19.1. The van der Waals surface area contributed by atoms with Crippen LogP contribution in [0.25, 0.3) is 0 Å². The molecule has 0 aromatic heterocycles. The van der Waals surface area contributed by atoms with Crippen molar-refractivity contribution in [1.82, 2.24) is 0 Å². The van der Waals surface area contributed by atoms with Crippen molar-refractivity contribution in [1.29, 1.82) is 0 Å². The van der Waals surface area contributed by atoms with Crippen LogP contribution in [0.1, 0.15) is 6.92 Å². The summed E-state index contributed by atoms with van der Waals surface area (Å²) in [6.45, 7) is 2.02. The lowest BCUT2D eigenvalue weighted by molar-refractivity contribution is 0.254. The Kier molecular flexibility index (Phi) is 4.20. The first-order valence-corrected chi connectivity index (χ1v) is 6.21. The first-order chi connectivity index (χ1) is 9.61. The maximum Gasteiger partial charge on any atom is 0.319 e. The van der Waals surface area contributed by atoms with Crippen molar-refractivity contribution < 1.29 is 13.9 Å². The first-order valence-electron chi connectivity index (χ1n) is 6.21. The van der Waals surface area contributed by atoms with Crippen molar-refractivity contribution in [3.8, 4) is 11.5 Å². The van der Waals surface area contributed by atoms with Crippen LogP contribution in [0.15, 0.2) is 48.5 Å². The number of amides is 2. The average molecular weight is 274 g/mol. The topological polar surface area (TPSA) is 55.6 Å². The van der Waals surface area contributed by atoms with Gasteiger partial charge in [-0.1, -0.05) is 18.2 Å². The molecule has 0 unspecified atom stereocenters. The van der Waals surface area contributed by atoms with Crippen LogP contribution in [-0.2, 0) is 0 Å². The van der Waals surface area contributed by atoms with E-state index >= 15 is 0 Å². The summed E-state index contributed by atoms with van der Waals surface area (Å²) in [7, 11) is 0. The van der Waals surface area contributed by atoms with Gasteiger partial charge < -0.3 is 10.5 Å². The summed E-state index contributed by atoms with van der Waals surface area (Å²) in [4.78, 5) is 12.4. The monoisotopic (exact) mass is 274 g/mol. The van der Waals surface area contributed by atoms with E-state index in [2.05, 4.69) is 0 Å². The van der Waals surface area contributed by atoms with Crippen LogP contribution in [0.4, 0.5) is 14.9 Å². The zero-order chi connectivity index (χ0) is 14.5. The molecule has 0 fully saturated rings. The molecule has 2 aromatic carbocycles. The molecule has 5 heteroatoms. The number of benzene rings is 2. The fourth-order valence-corrected chi connectivity index (χ4v) is 1.84. The van der Waals surface area contributed by atoms with E-state index in [1.54, 1.807) is 25.1 Å². The van der Waals surface area contributed by atoms with E-state index in [0.29, 0.717) is 18.0 Å². The molecule has 2 N–H and O–H groups in total. The molecule has 0 aliphatic carbocycles. The Labute approximate surface area is 116 Å². The maximum absolute atomic E-state index is 14.0. The van der Waals surface area contributed by atoms with Crippen molar-refractivity contribution in [3.05, 3.63) is 54.3 Å². The summed E-state index contributed by atoms with van der Waals surface area (Å²) in [6.07, 6.45) is 0. The van der Waals surface area contributed by atoms with Gasteiger partial charge in [0.05, 0.1) is 5.69 Å². The Hall–Kier alpha value is -2.56. The zero-order valence-corrected chi connectivity index (χ0v) is 11.0. The third-order valence-electron chi connectivity index (χ3n) is 2.77. The molecule has 4 nitrogen and oxygen atoms in total. The Morgan fingerprint density at radius 2 is 1.90 bits per heavy atom. The zero-order valence-electron chi connectivity index (χ0n) is 11.0. The number of anilines is 1. The third-order valence-corrected chi connectivity index (χ3v) is 2.77. The molecular weight excluding hydrogens is 259 g/mol. The van der Waals surface area contributed by atoms with Crippen molar-refractivity contribution in [2.45, 2.75) is 6.92 Å². The number of halogens is 1. The van der Waals surface area contributed by atoms with Gasteiger partial charge in [0, 0.05) is 12.6 Å². The minimum absolute atomic E-state index is 0.139. The van der Waals surface area contributed by atoms with Crippen LogP contribution in [0.5, 0.6) is 11.5 Å². The van der Waals surface area contributed by atoms with Crippen molar-refractivity contribution >= 4 is 11.7 Å². The fourth-order valence-electron chi connectivity index (χ4n) is 1.84. The molecule has 2 amide bonds. The van der Waals surface area contributed by atoms with E-state index in [0.717, 1.165) is 4.90 Å². The molecule has 0 bridgehead atoms. The van der Waals surface area contributed by atoms with E-state index in [4.69, 9.17) is 10.5 Å². The quantitative estimate of drug-likeness (QED) is 0.927. The van der Waals surface area contributed by atoms with Crippen LogP contribution in [0, 0.1) is 5.82 Å². The van der Waals surface area contributed by atoms with Gasteiger partial charge in [-0.25, -0.2) is 9.18 Å². The molecule has 0 saturated carbocycles. The highest BCUT2D eigenvalue weighted by Gasteiger charge is 2.15. The molecule has 20 heavy (non-hydrogen) atoms. The van der Waals surface area contributed by atoms with Gasteiger partial charge in [0.25, 0.3) is 0 Å². The number of ether oxygens (including phenoxy) is 1. The second kappa shape index (κ2) is 6.06. The summed E-state index contributed by atoms with van der Waals surface area (Å²) in [5.41, 5.74) is 5.34. The highest BCUT2D eigenvalue weighted by molar-refractivity contribution is 5.90. The van der Waals surface area contributed by atoms with Crippen LogP contribution >= 0.6 is 0 Å². The molecular formula is C15H15FN2O2. The molecule has 0 aliphatic heterocycles. The fraction of sp³-hybridized carbons (Fsp3) is 0.133. The van der Waals surface area contributed by atoms with E-state index in [9.17, 15) is 9.18 Å². The van der Waals surface area contributed by atoms with Gasteiger partial charge >= 0.3 is 6.03 Å². The van der Waals surface area contributed by atoms with Gasteiger partial charge in [0.15, 0.2) is 5.82 Å². The number of hydrogen-bond acceptors (Lipinski definition) is 2. The lowest BCUT2D eigenvalue weighted by Gasteiger charge is -2.19. The summed E-state index contributed by atoms with van der Waals surface area (Å²) < 4.78 is 19.5. The predicted molar refractivity (Wildman–Crippen MR) is 75.5 cm³/mol. The number of nitrogens with zero attached hydrogens (tertiary/aromatic N) is 1. The summed E-state index contributed by atoms with van der Waals surface area (Å²) >= 11 is 0. The van der Waals surface area contributed by atoms with Gasteiger partial charge in [0.1, 0.15) is 11.5 Å². The summed E-state index contributed by atoms with van der Waals surface area (Å²) in [6, 6.07) is 12.7. The SMILES string of the molecule is CCN(C(N)=O)c1ccc(Oc2ccccc2)cc1F. The highest BCUT2D eigenvalue weighted by Crippen LogP contribution is 2.27. The Balaban J connectivity index is 2.24. The molecule has 2 rings (SSSR count). The lowest BCUT2D eigenvalue weighted by Crippen LogP contribution is -2.36. The first kappa shape index (κ1) is 13.9. The van der Waals surface area contributed by atoms with Crippen molar-refractivity contribution in [3.63, 3.8) is 0 Å². The number of para-hydroxylation sites is 1. The van der Waals surface area contributed by atoms with Crippen molar-refractivity contribution in [2.24, 2.45) is 5.73 Å². The second-order valence-corrected chi connectivity index (χ2v) is 4.11. The Bertz CT molecular complexity index is 602. The van der Waals surface area contributed by atoms with Gasteiger partial charge in [-0.05, 0) is 31.2 Å². The summed E-state index contributed by atoms with van der Waals surface area (Å²) in [5, 5.41) is 0. The number of urea groups is 1. The predicted octanol–water partition coefficient (Wildman–Crippen LogP) is 3.52. The number of primary amides is 1. The van der Waals surface area contributed by atoms with Crippen LogP contribution in [-0.4, -0.2) is 12.6 Å². The Morgan fingerprint density at radius 1 is 1.20 bits per heavy atom. The van der Waals surface area contributed by atoms with Crippen molar-refractivity contribution in [2.75, 3.05) is 11.4 Å². The molecule has 104 valence electrons. The summed E-state index contributed by atoms with van der Waals surface area (Å²) in [5.74, 6) is 0.416. The number of nitrogens with two attached hydrogens (primary N) is 1. The molecule has 0 spiro atoms. The number of carbonyl (C=O) groups is 1. The molecule has 0 atom stereocenters. The largest absolute Gasteiger partial charge is 0.457 e. The molecule has 0 saturated heterocycles. The standard InChI is InChI=1S/C15H15FN2O2/c1-2-18(15(17)19)14-9-8-12(10-13(14)16)20-11-6-4-3-5-7-11/h3-10H,2H2,1H3,(H2,17,19). The van der Waals surface area contributed by atoms with E-state index in [1.807, 2.05) is 18.2 Å². The molecule has 0 radical (unpaired) electrons. The smallest absolute Gasteiger partial charge is 0.319 e. The Morgan fingerprint density at radius 3 is 2.45 bits per heavy atom. The van der Waals surface area contributed by atoms with Crippen LogP contribution < -0.4 is 15.4 Å². The minimum atomic E-state index is -0.692. The van der Waals surface area contributed by atoms with Gasteiger partial charge in [-0.3, -0.25) is 4.90 Å². The van der Waals surface area contributed by atoms with Gasteiger partial charge in [-0.15, -0.1) is 0 Å². The van der Waals surface area contributed by atoms with E-state index < -0.39 is 11.8 Å². The third kappa shape index (κ3) is 3.06. The number of hydrogen-bond donors (Lipinski definition) is 1. The van der Waals surface area contributed by atoms with Crippen LogP contribution in [0.3, 0.4) is 0 Å². The lowest BCUT2D eigenvalue weighted by atomic mass is 10.2. The maximum atomic E-state index is 14.0. The van der Waals surface area contributed by atoms with E-state index in [1.165, 1.54) is 12.1 Å². The molecule has 0 aliphatic rings. The molecule has 0 heterocycles. The molecule has 2 aromatic rings.